The van der Waals surface area contributed by atoms with Gasteiger partial charge in [0.1, 0.15) is 5.82 Å². The number of esters is 1. The second kappa shape index (κ2) is 7.92. The van der Waals surface area contributed by atoms with Crippen LogP contribution in [0.15, 0.2) is 59.8 Å². The lowest BCUT2D eigenvalue weighted by Crippen LogP contribution is -2.38. The van der Waals surface area contributed by atoms with E-state index in [0.717, 1.165) is 5.56 Å². The second-order valence-electron chi connectivity index (χ2n) is 6.41. The molecule has 27 heavy (non-hydrogen) atoms. The van der Waals surface area contributed by atoms with Crippen LogP contribution in [0.2, 0.25) is 5.02 Å². The van der Waals surface area contributed by atoms with E-state index in [1.54, 1.807) is 36.1 Å². The zero-order valence-corrected chi connectivity index (χ0v) is 15.8. The third kappa shape index (κ3) is 4.03. The third-order valence-corrected chi connectivity index (χ3v) is 4.94. The molecule has 0 bridgehead atoms. The molecule has 0 spiro atoms. The lowest BCUT2D eigenvalue weighted by atomic mass is 9.83. The fourth-order valence-electron chi connectivity index (χ4n) is 3.40. The Morgan fingerprint density at radius 1 is 1.26 bits per heavy atom. The summed E-state index contributed by atoms with van der Waals surface area (Å²) < 4.78 is 18.6. The maximum Gasteiger partial charge on any atom is 0.336 e. The van der Waals surface area contributed by atoms with Gasteiger partial charge in [0.15, 0.2) is 0 Å². The molecule has 2 aromatic carbocycles. The number of halogens is 2. The minimum Gasteiger partial charge on any atom is -0.466 e. The van der Waals surface area contributed by atoms with Gasteiger partial charge in [0.25, 0.3) is 0 Å². The van der Waals surface area contributed by atoms with Gasteiger partial charge in [0.05, 0.1) is 19.2 Å². The quantitative estimate of drug-likeness (QED) is 0.728. The molecule has 0 N–H and O–H groups in total. The summed E-state index contributed by atoms with van der Waals surface area (Å²) in [6.07, 6.45) is 0.0613. The average molecular weight is 388 g/mol. The number of rotatable bonds is 4. The van der Waals surface area contributed by atoms with Crippen LogP contribution in [-0.2, 0) is 20.9 Å². The number of amides is 1. The first kappa shape index (κ1) is 19.1. The molecular formula is C21H19ClFNO3. The van der Waals surface area contributed by atoms with Crippen LogP contribution in [0.25, 0.3) is 0 Å². The summed E-state index contributed by atoms with van der Waals surface area (Å²) in [4.78, 5) is 26.9. The van der Waals surface area contributed by atoms with Crippen LogP contribution < -0.4 is 0 Å². The first-order valence-corrected chi connectivity index (χ1v) is 8.88. The van der Waals surface area contributed by atoms with E-state index in [2.05, 4.69) is 0 Å². The number of nitrogens with zero attached hydrogens (tertiary/aromatic N) is 1. The van der Waals surface area contributed by atoms with Crippen molar-refractivity contribution in [3.8, 4) is 0 Å². The molecule has 0 saturated heterocycles. The molecule has 0 aromatic heterocycles. The molecule has 0 saturated carbocycles. The van der Waals surface area contributed by atoms with Crippen LogP contribution in [-0.4, -0.2) is 23.9 Å². The highest BCUT2D eigenvalue weighted by atomic mass is 35.5. The van der Waals surface area contributed by atoms with Crippen molar-refractivity contribution in [3.63, 3.8) is 0 Å². The van der Waals surface area contributed by atoms with Crippen molar-refractivity contribution in [2.45, 2.75) is 25.8 Å². The molecule has 0 aliphatic carbocycles. The number of ether oxygens (including phenoxy) is 1. The van der Waals surface area contributed by atoms with Crippen molar-refractivity contribution in [2.75, 3.05) is 7.11 Å². The molecule has 0 radical (unpaired) electrons. The summed E-state index contributed by atoms with van der Waals surface area (Å²) in [5.74, 6) is -1.63. The van der Waals surface area contributed by atoms with Gasteiger partial charge < -0.3 is 9.64 Å². The summed E-state index contributed by atoms with van der Waals surface area (Å²) in [6.45, 7) is 2.00. The fourth-order valence-corrected chi connectivity index (χ4v) is 3.62. The highest BCUT2D eigenvalue weighted by molar-refractivity contribution is 6.30. The molecule has 0 fully saturated rings. The molecular weight excluding hydrogens is 369 g/mol. The Morgan fingerprint density at radius 2 is 2.00 bits per heavy atom. The van der Waals surface area contributed by atoms with Crippen LogP contribution in [0.5, 0.6) is 0 Å². The van der Waals surface area contributed by atoms with Crippen LogP contribution in [0.4, 0.5) is 4.39 Å². The van der Waals surface area contributed by atoms with Gasteiger partial charge in [-0.25, -0.2) is 9.18 Å². The summed E-state index contributed by atoms with van der Waals surface area (Å²) in [5.41, 5.74) is 2.30. The summed E-state index contributed by atoms with van der Waals surface area (Å²) in [7, 11) is 1.29. The highest BCUT2D eigenvalue weighted by Crippen LogP contribution is 2.37. The zero-order chi connectivity index (χ0) is 19.6. The van der Waals surface area contributed by atoms with Gasteiger partial charge in [-0.05, 0) is 42.3 Å². The molecule has 1 amide bonds. The number of hydrogen-bond donors (Lipinski definition) is 0. The maximum atomic E-state index is 13.7. The van der Waals surface area contributed by atoms with E-state index in [0.29, 0.717) is 28.4 Å². The van der Waals surface area contributed by atoms with Gasteiger partial charge in [-0.15, -0.1) is 0 Å². The first-order chi connectivity index (χ1) is 12.9. The number of benzene rings is 2. The number of allylic oxidation sites excluding steroid dienone is 1. The van der Waals surface area contributed by atoms with Crippen molar-refractivity contribution in [1.29, 1.82) is 0 Å². The van der Waals surface area contributed by atoms with Gasteiger partial charge in [-0.3, -0.25) is 4.79 Å². The van der Waals surface area contributed by atoms with E-state index in [1.165, 1.54) is 19.2 Å². The highest BCUT2D eigenvalue weighted by Gasteiger charge is 2.36. The standard InChI is InChI=1S/C21H19ClFNO3/c1-13-20(21(26)27-2)18(15-6-4-8-17(23)10-15)11-19(25)24(13)12-14-5-3-7-16(22)9-14/h3-10,18H,11-12H2,1-2H3/t18-/m0/s1. The topological polar surface area (TPSA) is 46.6 Å². The van der Waals surface area contributed by atoms with Gasteiger partial charge in [-0.2, -0.15) is 0 Å². The normalized spacial score (nSPS) is 17.3. The van der Waals surface area contributed by atoms with Crippen molar-refractivity contribution >= 4 is 23.5 Å². The van der Waals surface area contributed by atoms with Gasteiger partial charge in [0, 0.05) is 23.1 Å². The molecule has 1 aliphatic heterocycles. The van der Waals surface area contributed by atoms with Crippen LogP contribution >= 0.6 is 11.6 Å². The minimum absolute atomic E-state index is 0.0613. The summed E-state index contributed by atoms with van der Waals surface area (Å²) >= 11 is 6.03. The molecule has 1 atom stereocenters. The van der Waals surface area contributed by atoms with Crippen molar-refractivity contribution in [1.82, 2.24) is 4.90 Å². The number of carbonyl (C=O) groups is 2. The Kier molecular flexibility index (Phi) is 5.61. The van der Waals surface area contributed by atoms with E-state index in [9.17, 15) is 14.0 Å². The van der Waals surface area contributed by atoms with Gasteiger partial charge >= 0.3 is 5.97 Å². The third-order valence-electron chi connectivity index (χ3n) is 4.71. The number of carbonyl (C=O) groups excluding carboxylic acids is 2. The lowest BCUT2D eigenvalue weighted by molar-refractivity contribution is -0.138. The minimum atomic E-state index is -0.545. The van der Waals surface area contributed by atoms with Gasteiger partial charge in [-0.1, -0.05) is 35.9 Å². The predicted octanol–water partition coefficient (Wildman–Crippen LogP) is 4.44. The molecule has 4 nitrogen and oxygen atoms in total. The van der Waals surface area contributed by atoms with Gasteiger partial charge in [0.2, 0.25) is 5.91 Å². The fraction of sp³-hybridized carbons (Fsp3) is 0.238. The molecule has 6 heteroatoms. The Labute approximate surface area is 162 Å². The smallest absolute Gasteiger partial charge is 0.336 e. The van der Waals surface area contributed by atoms with E-state index in [-0.39, 0.29) is 12.3 Å². The Hall–Kier alpha value is -2.66. The Bertz CT molecular complexity index is 925. The van der Waals surface area contributed by atoms with Crippen molar-refractivity contribution in [2.24, 2.45) is 0 Å². The molecule has 1 heterocycles. The monoisotopic (exact) mass is 387 g/mol. The lowest BCUT2D eigenvalue weighted by Gasteiger charge is -2.34. The predicted molar refractivity (Wildman–Crippen MR) is 100 cm³/mol. The Morgan fingerprint density at radius 3 is 2.67 bits per heavy atom. The van der Waals surface area contributed by atoms with Crippen molar-refractivity contribution in [3.05, 3.63) is 81.8 Å². The largest absolute Gasteiger partial charge is 0.466 e. The van der Waals surface area contributed by atoms with Crippen molar-refractivity contribution < 1.29 is 18.7 Å². The number of hydrogen-bond acceptors (Lipinski definition) is 3. The summed E-state index contributed by atoms with van der Waals surface area (Å²) in [5, 5.41) is 0.574. The summed E-state index contributed by atoms with van der Waals surface area (Å²) in [6, 6.07) is 13.2. The zero-order valence-electron chi connectivity index (χ0n) is 15.0. The van der Waals surface area contributed by atoms with Crippen LogP contribution in [0.1, 0.15) is 30.4 Å². The maximum absolute atomic E-state index is 13.7. The van der Waals surface area contributed by atoms with E-state index in [1.807, 2.05) is 12.1 Å². The van der Waals surface area contributed by atoms with E-state index in [4.69, 9.17) is 16.3 Å². The molecule has 0 unspecified atom stereocenters. The molecule has 3 rings (SSSR count). The molecule has 1 aliphatic rings. The Balaban J connectivity index is 2.03. The molecule has 2 aromatic rings. The van der Waals surface area contributed by atoms with E-state index >= 15 is 0 Å². The SMILES string of the molecule is COC(=O)C1=C(C)N(Cc2cccc(Cl)c2)C(=O)C[C@H]1c1cccc(F)c1. The van der Waals surface area contributed by atoms with E-state index < -0.39 is 17.7 Å². The second-order valence-corrected chi connectivity index (χ2v) is 6.85. The average Bonchev–Trinajstić information content (AvgIpc) is 2.64. The van der Waals surface area contributed by atoms with Crippen LogP contribution in [0, 0.1) is 5.82 Å². The van der Waals surface area contributed by atoms with Crippen LogP contribution in [0.3, 0.4) is 0 Å². The molecule has 140 valence electrons. The first-order valence-electron chi connectivity index (χ1n) is 8.50. The number of methoxy groups -OCH3 is 1.